The van der Waals surface area contributed by atoms with Gasteiger partial charge < -0.3 is 29.0 Å². The molecule has 0 saturated carbocycles. The second-order valence-corrected chi connectivity index (χ2v) is 5.64. The van der Waals surface area contributed by atoms with E-state index in [1.807, 2.05) is 0 Å². The van der Waals surface area contributed by atoms with Gasteiger partial charge in [-0.3, -0.25) is 19.2 Å². The third-order valence-corrected chi connectivity index (χ3v) is 3.63. The number of rotatable bonds is 5. The van der Waals surface area contributed by atoms with E-state index in [4.69, 9.17) is 18.9 Å². The largest absolute Gasteiger partial charge is 0.463 e. The minimum atomic E-state index is -1.55. The predicted octanol–water partition coefficient (Wildman–Crippen LogP) is -1.02. The molecule has 0 unspecified atom stereocenters. The van der Waals surface area contributed by atoms with Crippen molar-refractivity contribution >= 4 is 23.8 Å². The van der Waals surface area contributed by atoms with Gasteiger partial charge in [-0.05, 0) is 0 Å². The number of hydrogen-bond donors (Lipinski definition) is 1. The minimum Gasteiger partial charge on any atom is -0.463 e. The molecule has 5 atom stereocenters. The summed E-state index contributed by atoms with van der Waals surface area (Å²) in [6, 6.07) is -1.11. The van der Waals surface area contributed by atoms with Crippen LogP contribution in [0.15, 0.2) is 0 Å². The molecule has 0 aromatic heterocycles. The van der Waals surface area contributed by atoms with Gasteiger partial charge >= 0.3 is 17.9 Å². The van der Waals surface area contributed by atoms with Gasteiger partial charge in [0.05, 0.1) is 0 Å². The zero-order valence-electron chi connectivity index (χ0n) is 14.8. The molecule has 1 heterocycles. The number of carbonyl (C=O) groups excluding carboxylic acids is 4. The summed E-state index contributed by atoms with van der Waals surface area (Å²) in [6.07, 6.45) is -5.02. The van der Waals surface area contributed by atoms with E-state index in [-0.39, 0.29) is 6.61 Å². The fourth-order valence-electron chi connectivity index (χ4n) is 2.52. The van der Waals surface area contributed by atoms with Crippen molar-refractivity contribution in [2.45, 2.75) is 58.3 Å². The van der Waals surface area contributed by atoms with Crippen molar-refractivity contribution in [3.63, 3.8) is 0 Å². The number of ether oxygens (including phenoxy) is 4. The smallest absolute Gasteiger partial charge is 0.303 e. The van der Waals surface area contributed by atoms with E-state index >= 15 is 0 Å². The number of hydrogen-bond acceptors (Lipinski definition) is 9. The number of aliphatic hydroxyl groups excluding tert-OH is 1. The topological polar surface area (TPSA) is 129 Å². The number of carbonyl (C=O) groups is 4. The van der Waals surface area contributed by atoms with Gasteiger partial charge in [0.1, 0.15) is 18.8 Å². The van der Waals surface area contributed by atoms with Gasteiger partial charge in [0.25, 0.3) is 0 Å². The first-order valence-electron chi connectivity index (χ1n) is 7.59. The highest BCUT2D eigenvalue weighted by atomic mass is 16.7. The predicted molar refractivity (Wildman–Crippen MR) is 80.9 cm³/mol. The van der Waals surface area contributed by atoms with Crippen molar-refractivity contribution in [2.24, 2.45) is 0 Å². The maximum Gasteiger partial charge on any atom is 0.303 e. The van der Waals surface area contributed by atoms with Crippen molar-refractivity contribution < 1.29 is 43.2 Å². The van der Waals surface area contributed by atoms with Crippen LogP contribution in [0.4, 0.5) is 0 Å². The number of esters is 3. The Morgan fingerprint density at radius 2 is 1.48 bits per heavy atom. The van der Waals surface area contributed by atoms with E-state index in [9.17, 15) is 24.3 Å². The highest BCUT2D eigenvalue weighted by Crippen LogP contribution is 2.28. The van der Waals surface area contributed by atoms with Gasteiger partial charge in [-0.2, -0.15) is 0 Å². The van der Waals surface area contributed by atoms with Gasteiger partial charge in [-0.15, -0.1) is 0 Å². The Bertz CT molecular complexity index is 535. The fourth-order valence-corrected chi connectivity index (χ4v) is 2.52. The molecule has 0 aliphatic carbocycles. The van der Waals surface area contributed by atoms with Crippen LogP contribution in [0.5, 0.6) is 0 Å². The lowest BCUT2D eigenvalue weighted by molar-refractivity contribution is -0.276. The molecule has 1 amide bonds. The molecular weight excluding hydrogens is 338 g/mol. The molecule has 0 bridgehead atoms. The van der Waals surface area contributed by atoms with Crippen molar-refractivity contribution in [3.8, 4) is 0 Å². The lowest BCUT2D eigenvalue weighted by Crippen LogP contribution is -2.66. The molecule has 10 heteroatoms. The summed E-state index contributed by atoms with van der Waals surface area (Å²) in [5, 5.41) is 10.3. The van der Waals surface area contributed by atoms with Crippen LogP contribution in [-0.4, -0.2) is 78.1 Å². The zero-order valence-corrected chi connectivity index (χ0v) is 14.8. The summed E-state index contributed by atoms with van der Waals surface area (Å²) in [6.45, 7) is 4.37. The summed E-state index contributed by atoms with van der Waals surface area (Å²) in [5.74, 6) is -2.43. The third-order valence-electron chi connectivity index (χ3n) is 3.63. The summed E-state index contributed by atoms with van der Waals surface area (Å²) in [5.41, 5.74) is 0. The van der Waals surface area contributed by atoms with Crippen LogP contribution < -0.4 is 0 Å². The Balaban J connectivity index is 3.21. The Labute approximate surface area is 144 Å². The van der Waals surface area contributed by atoms with Crippen LogP contribution in [0.1, 0.15) is 27.7 Å². The van der Waals surface area contributed by atoms with Crippen molar-refractivity contribution in [3.05, 3.63) is 0 Å². The first-order chi connectivity index (χ1) is 11.5. The van der Waals surface area contributed by atoms with Crippen LogP contribution in [0.3, 0.4) is 0 Å². The molecule has 25 heavy (non-hydrogen) atoms. The molecule has 1 fully saturated rings. The van der Waals surface area contributed by atoms with Crippen molar-refractivity contribution in [1.82, 2.24) is 4.90 Å². The lowest BCUT2D eigenvalue weighted by Gasteiger charge is -2.46. The molecule has 0 aromatic carbocycles. The summed E-state index contributed by atoms with van der Waals surface area (Å²) >= 11 is 0. The van der Waals surface area contributed by atoms with E-state index in [1.54, 1.807) is 0 Å². The minimum absolute atomic E-state index is 0.335. The highest BCUT2D eigenvalue weighted by molar-refractivity contribution is 5.73. The molecule has 0 spiro atoms. The second kappa shape index (κ2) is 8.77. The van der Waals surface area contributed by atoms with Crippen LogP contribution >= 0.6 is 0 Å². The average molecular weight is 361 g/mol. The average Bonchev–Trinajstić information content (AvgIpc) is 2.46. The second-order valence-electron chi connectivity index (χ2n) is 5.64. The Hall–Kier alpha value is -2.20. The lowest BCUT2D eigenvalue weighted by atomic mass is 9.95. The molecule has 1 N–H and O–H groups in total. The van der Waals surface area contributed by atoms with E-state index in [0.29, 0.717) is 0 Å². The molecule has 1 rings (SSSR count). The maximum absolute atomic E-state index is 11.7. The number of nitrogens with zero attached hydrogens (tertiary/aromatic N) is 1. The fraction of sp³-hybridized carbons (Fsp3) is 0.733. The van der Waals surface area contributed by atoms with E-state index in [1.165, 1.54) is 20.9 Å². The molecular formula is C15H23NO9. The Morgan fingerprint density at radius 3 is 1.92 bits per heavy atom. The number of likely N-dealkylation sites (N-methyl/N-ethyl adjacent to an activating group) is 1. The first kappa shape index (κ1) is 20.8. The van der Waals surface area contributed by atoms with Crippen LogP contribution in [0.25, 0.3) is 0 Å². The number of amides is 1. The van der Waals surface area contributed by atoms with E-state index in [2.05, 4.69) is 0 Å². The zero-order chi connectivity index (χ0) is 19.3. The van der Waals surface area contributed by atoms with E-state index < -0.39 is 54.5 Å². The Kier molecular flexibility index (Phi) is 7.31. The van der Waals surface area contributed by atoms with Gasteiger partial charge in [-0.25, -0.2) is 0 Å². The van der Waals surface area contributed by atoms with Gasteiger partial charge in [0.15, 0.2) is 18.5 Å². The first-order valence-corrected chi connectivity index (χ1v) is 7.59. The molecule has 1 aliphatic rings. The molecule has 0 aromatic rings. The third kappa shape index (κ3) is 5.68. The van der Waals surface area contributed by atoms with Crippen LogP contribution in [0, 0.1) is 0 Å². The monoisotopic (exact) mass is 361 g/mol. The summed E-state index contributed by atoms with van der Waals surface area (Å²) < 4.78 is 20.6. The quantitative estimate of drug-likeness (QED) is 0.483. The molecule has 1 saturated heterocycles. The van der Waals surface area contributed by atoms with Gasteiger partial charge in [-0.1, -0.05) is 0 Å². The van der Waals surface area contributed by atoms with Crippen LogP contribution in [0.2, 0.25) is 0 Å². The molecule has 10 nitrogen and oxygen atoms in total. The van der Waals surface area contributed by atoms with Gasteiger partial charge in [0.2, 0.25) is 5.91 Å². The summed E-state index contributed by atoms with van der Waals surface area (Å²) in [7, 11) is 1.38. The SMILES string of the molecule is CC(=O)OC[C@H]1O[C@@H](O)[C@H](N(C)C(C)=O)[C@@H](OC(C)=O)[C@@H]1OC(C)=O. The highest BCUT2D eigenvalue weighted by Gasteiger charge is 2.51. The molecule has 1 aliphatic heterocycles. The normalized spacial score (nSPS) is 28.6. The van der Waals surface area contributed by atoms with Crippen LogP contribution in [-0.2, 0) is 38.1 Å². The maximum atomic E-state index is 11.7. The van der Waals surface area contributed by atoms with Crippen molar-refractivity contribution in [2.75, 3.05) is 13.7 Å². The molecule has 0 radical (unpaired) electrons. The Morgan fingerprint density at radius 1 is 0.960 bits per heavy atom. The summed E-state index contributed by atoms with van der Waals surface area (Å²) in [4.78, 5) is 46.8. The van der Waals surface area contributed by atoms with Gasteiger partial charge in [0, 0.05) is 34.7 Å². The van der Waals surface area contributed by atoms with E-state index in [0.717, 1.165) is 18.7 Å². The standard InChI is InChI=1S/C15H23NO9/c1-7(17)16(5)12-14(24-10(4)20)13(23-9(3)19)11(25-15(12)21)6-22-8(2)18/h11-15,21H,6H2,1-5H3/t11-,12-,13-,14-,15-/m1/s1. The molecule has 142 valence electrons. The van der Waals surface area contributed by atoms with Crippen molar-refractivity contribution in [1.29, 1.82) is 0 Å². The number of aliphatic hydroxyl groups is 1.